The van der Waals surface area contributed by atoms with Gasteiger partial charge >= 0.3 is 0 Å². The molecule has 0 saturated carbocycles. The van der Waals surface area contributed by atoms with Gasteiger partial charge in [0.05, 0.1) is 5.75 Å². The van der Waals surface area contributed by atoms with Crippen LogP contribution in [0.2, 0.25) is 0 Å². The summed E-state index contributed by atoms with van der Waals surface area (Å²) >= 11 is 1.17. The Kier molecular flexibility index (Phi) is 5.37. The second kappa shape index (κ2) is 7.26. The topological polar surface area (TPSA) is 68.5 Å². The average Bonchev–Trinajstić information content (AvgIpc) is 2.96. The van der Waals surface area contributed by atoms with Gasteiger partial charge < -0.3 is 14.1 Å². The van der Waals surface area contributed by atoms with E-state index < -0.39 is 6.10 Å². The fourth-order valence-corrected chi connectivity index (χ4v) is 2.21. The zero-order valence-electron chi connectivity index (χ0n) is 12.4. The van der Waals surface area contributed by atoms with E-state index in [0.717, 1.165) is 0 Å². The molecule has 0 aliphatic rings. The van der Waals surface area contributed by atoms with E-state index in [1.807, 2.05) is 0 Å². The maximum Gasteiger partial charge on any atom is 0.277 e. The molecule has 1 heterocycles. The Labute approximate surface area is 131 Å². The standard InChI is InChI=1S/C14H16FN3O3S/c1-9(20-11-6-4-10(15)5-7-11)13-16-17-14(21-13)22-8-12(19)18(2)3/h4-7,9H,8H2,1-3H3/t9-/m0/s1. The molecule has 2 rings (SSSR count). The zero-order valence-corrected chi connectivity index (χ0v) is 13.3. The van der Waals surface area contributed by atoms with Gasteiger partial charge in [-0.1, -0.05) is 11.8 Å². The summed E-state index contributed by atoms with van der Waals surface area (Å²) in [5, 5.41) is 8.06. The predicted octanol–water partition coefficient (Wildman–Crippen LogP) is 2.53. The summed E-state index contributed by atoms with van der Waals surface area (Å²) in [6.45, 7) is 1.75. The van der Waals surface area contributed by atoms with Crippen molar-refractivity contribution < 1.29 is 18.3 Å². The van der Waals surface area contributed by atoms with Crippen LogP contribution in [0.1, 0.15) is 18.9 Å². The van der Waals surface area contributed by atoms with E-state index in [-0.39, 0.29) is 17.5 Å². The van der Waals surface area contributed by atoms with Crippen LogP contribution in [0.25, 0.3) is 0 Å². The first-order valence-electron chi connectivity index (χ1n) is 6.54. The van der Waals surface area contributed by atoms with E-state index in [1.54, 1.807) is 21.0 Å². The lowest BCUT2D eigenvalue weighted by atomic mass is 10.3. The van der Waals surface area contributed by atoms with Gasteiger partial charge in [0, 0.05) is 14.1 Å². The van der Waals surface area contributed by atoms with Crippen LogP contribution in [-0.2, 0) is 4.79 Å². The molecular formula is C14H16FN3O3S. The summed E-state index contributed by atoms with van der Waals surface area (Å²) in [6.07, 6.45) is -0.475. The van der Waals surface area contributed by atoms with Gasteiger partial charge in [-0.3, -0.25) is 4.79 Å². The van der Waals surface area contributed by atoms with Crippen LogP contribution in [0.3, 0.4) is 0 Å². The number of carbonyl (C=O) groups excluding carboxylic acids is 1. The zero-order chi connectivity index (χ0) is 16.1. The van der Waals surface area contributed by atoms with Gasteiger partial charge in [0.25, 0.3) is 11.1 Å². The second-order valence-electron chi connectivity index (χ2n) is 4.70. The molecule has 0 spiro atoms. The van der Waals surface area contributed by atoms with Crippen LogP contribution in [0.4, 0.5) is 4.39 Å². The van der Waals surface area contributed by atoms with Crippen molar-refractivity contribution in [2.45, 2.75) is 18.3 Å². The van der Waals surface area contributed by atoms with Crippen LogP contribution in [0.5, 0.6) is 5.75 Å². The van der Waals surface area contributed by atoms with Gasteiger partial charge in [-0.15, -0.1) is 10.2 Å². The van der Waals surface area contributed by atoms with Crippen molar-refractivity contribution in [3.05, 3.63) is 36.0 Å². The van der Waals surface area contributed by atoms with Gasteiger partial charge in [0.2, 0.25) is 5.91 Å². The van der Waals surface area contributed by atoms with Crippen LogP contribution in [-0.4, -0.2) is 40.9 Å². The summed E-state index contributed by atoms with van der Waals surface area (Å²) in [4.78, 5) is 13.0. The molecule has 8 heteroatoms. The number of carbonyl (C=O) groups is 1. The molecule has 0 radical (unpaired) electrons. The van der Waals surface area contributed by atoms with Crippen LogP contribution >= 0.6 is 11.8 Å². The van der Waals surface area contributed by atoms with E-state index in [2.05, 4.69) is 10.2 Å². The molecular weight excluding hydrogens is 309 g/mol. The average molecular weight is 325 g/mol. The lowest BCUT2D eigenvalue weighted by Crippen LogP contribution is -2.23. The van der Waals surface area contributed by atoms with E-state index in [9.17, 15) is 9.18 Å². The fraction of sp³-hybridized carbons (Fsp3) is 0.357. The number of thioether (sulfide) groups is 1. The molecule has 0 aliphatic heterocycles. The number of benzene rings is 1. The number of ether oxygens (including phenoxy) is 1. The molecule has 22 heavy (non-hydrogen) atoms. The minimum Gasteiger partial charge on any atom is -0.481 e. The van der Waals surface area contributed by atoms with Crippen molar-refractivity contribution in [1.29, 1.82) is 0 Å². The Hall–Kier alpha value is -2.09. The molecule has 6 nitrogen and oxygen atoms in total. The number of aromatic nitrogens is 2. The normalized spacial score (nSPS) is 12.0. The Morgan fingerprint density at radius 1 is 1.36 bits per heavy atom. The minimum absolute atomic E-state index is 0.0413. The predicted molar refractivity (Wildman–Crippen MR) is 79.2 cm³/mol. The first-order chi connectivity index (χ1) is 10.5. The third-order valence-corrected chi connectivity index (χ3v) is 3.52. The van der Waals surface area contributed by atoms with Crippen molar-refractivity contribution >= 4 is 17.7 Å². The Balaban J connectivity index is 1.92. The minimum atomic E-state index is -0.475. The van der Waals surface area contributed by atoms with Gasteiger partial charge in [0.1, 0.15) is 11.6 Å². The summed E-state index contributed by atoms with van der Waals surface area (Å²) in [5.74, 6) is 0.651. The first-order valence-corrected chi connectivity index (χ1v) is 7.53. The van der Waals surface area contributed by atoms with E-state index in [4.69, 9.17) is 9.15 Å². The highest BCUT2D eigenvalue weighted by Crippen LogP contribution is 2.24. The highest BCUT2D eigenvalue weighted by molar-refractivity contribution is 7.99. The SMILES string of the molecule is C[C@H](Oc1ccc(F)cc1)c1nnc(SCC(=O)N(C)C)o1. The summed E-state index contributed by atoms with van der Waals surface area (Å²) < 4.78 is 23.9. The largest absolute Gasteiger partial charge is 0.481 e. The van der Waals surface area contributed by atoms with Gasteiger partial charge in [-0.25, -0.2) is 4.39 Å². The quantitative estimate of drug-likeness (QED) is 0.760. The molecule has 0 bridgehead atoms. The fourth-order valence-electron chi connectivity index (χ4n) is 1.46. The molecule has 1 amide bonds. The van der Waals surface area contributed by atoms with E-state index in [0.29, 0.717) is 16.9 Å². The molecule has 1 aromatic heterocycles. The number of nitrogens with zero attached hydrogens (tertiary/aromatic N) is 3. The number of amides is 1. The second-order valence-corrected chi connectivity index (χ2v) is 5.62. The molecule has 2 aromatic rings. The highest BCUT2D eigenvalue weighted by atomic mass is 32.2. The maximum atomic E-state index is 12.8. The Bertz CT molecular complexity index is 631. The van der Waals surface area contributed by atoms with Crippen molar-refractivity contribution in [2.75, 3.05) is 19.8 Å². The number of rotatable bonds is 6. The molecule has 0 aliphatic carbocycles. The van der Waals surface area contributed by atoms with Gasteiger partial charge in [0.15, 0.2) is 6.10 Å². The van der Waals surface area contributed by atoms with Crippen molar-refractivity contribution in [3.63, 3.8) is 0 Å². The first kappa shape index (κ1) is 16.3. The number of hydrogen-bond acceptors (Lipinski definition) is 6. The molecule has 1 aromatic carbocycles. The third-order valence-electron chi connectivity index (χ3n) is 2.71. The summed E-state index contributed by atoms with van der Waals surface area (Å²) in [7, 11) is 3.36. The lowest BCUT2D eigenvalue weighted by Gasteiger charge is -2.10. The van der Waals surface area contributed by atoms with Crippen molar-refractivity contribution in [1.82, 2.24) is 15.1 Å². The smallest absolute Gasteiger partial charge is 0.277 e. The van der Waals surface area contributed by atoms with E-state index >= 15 is 0 Å². The number of halogens is 1. The summed E-state index contributed by atoms with van der Waals surface area (Å²) in [5.41, 5.74) is 0. The lowest BCUT2D eigenvalue weighted by molar-refractivity contribution is -0.125. The third kappa shape index (κ3) is 4.45. The van der Waals surface area contributed by atoms with Gasteiger partial charge in [-0.2, -0.15) is 0 Å². The molecule has 0 fully saturated rings. The van der Waals surface area contributed by atoms with E-state index in [1.165, 1.54) is 40.9 Å². The van der Waals surface area contributed by atoms with Crippen LogP contribution < -0.4 is 4.74 Å². The molecule has 0 unspecified atom stereocenters. The van der Waals surface area contributed by atoms with Crippen molar-refractivity contribution in [2.24, 2.45) is 0 Å². The van der Waals surface area contributed by atoms with Crippen molar-refractivity contribution in [3.8, 4) is 5.75 Å². The van der Waals surface area contributed by atoms with Crippen LogP contribution in [0.15, 0.2) is 33.9 Å². The Morgan fingerprint density at radius 2 is 2.05 bits per heavy atom. The monoisotopic (exact) mass is 325 g/mol. The number of hydrogen-bond donors (Lipinski definition) is 0. The van der Waals surface area contributed by atoms with Gasteiger partial charge in [-0.05, 0) is 31.2 Å². The highest BCUT2D eigenvalue weighted by Gasteiger charge is 2.17. The maximum absolute atomic E-state index is 12.8. The molecule has 0 saturated heterocycles. The van der Waals surface area contributed by atoms with Crippen LogP contribution in [0, 0.1) is 5.82 Å². The Morgan fingerprint density at radius 3 is 2.68 bits per heavy atom. The molecule has 1 atom stereocenters. The molecule has 118 valence electrons. The summed E-state index contributed by atoms with van der Waals surface area (Å²) in [6, 6.07) is 5.66. The molecule has 0 N–H and O–H groups in total.